The number of likely N-dealkylation sites (tertiary alicyclic amines) is 1. The quantitative estimate of drug-likeness (QED) is 0.386. The number of carbonyl (C=O) groups is 4. The Labute approximate surface area is 267 Å². The van der Waals surface area contributed by atoms with Crippen molar-refractivity contribution in [2.24, 2.45) is 11.3 Å². The van der Waals surface area contributed by atoms with Gasteiger partial charge in [0.1, 0.15) is 17.8 Å². The molecule has 10 nitrogen and oxygen atoms in total. The largest absolute Gasteiger partial charge is 0.451 e. The summed E-state index contributed by atoms with van der Waals surface area (Å²) in [6.07, 6.45) is 1.86. The molecule has 11 heteroatoms. The van der Waals surface area contributed by atoms with Crippen molar-refractivity contribution in [3.8, 4) is 5.75 Å². The van der Waals surface area contributed by atoms with Crippen LogP contribution in [0.2, 0.25) is 0 Å². The zero-order chi connectivity index (χ0) is 33.1. The summed E-state index contributed by atoms with van der Waals surface area (Å²) in [6.45, 7) is 14.8. The summed E-state index contributed by atoms with van der Waals surface area (Å²) in [4.78, 5) is 59.6. The number of hydrogen-bond donors (Lipinski definition) is 2. The molecule has 2 saturated heterocycles. The molecule has 0 radical (unpaired) electrons. The topological polar surface area (TPSA) is 111 Å². The molecule has 3 aliphatic rings. The standard InChI is InChI=1S/C34H52FN5O5/c1-22(2)19-25(36-29(41)24-11-8-9-13-27(24)45-28(35)30(42)37-34(6)14-15-34)31(43)40-16-10-12-26(40)32(44)39-18-17-38(7)23(21-39)20-33(3,4)5/h8-9,11,13,22-23,25-26,28H,10,12,14-21H2,1-7H3,(H,36,41)(H,37,42)/t23-,25+,26+,28?/m0/s1. The number of likely N-dealkylation sites (N-methyl/N-ethyl adjacent to an activating group) is 1. The fraction of sp³-hybridized carbons (Fsp3) is 0.706. The Morgan fingerprint density at radius 1 is 1.09 bits per heavy atom. The Morgan fingerprint density at radius 3 is 2.42 bits per heavy atom. The molecule has 250 valence electrons. The SMILES string of the molecule is CC(C)C[C@@H](NC(=O)c1ccccc1OC(F)C(=O)NC1(C)CC1)C(=O)N1CCC[C@@H]1C(=O)N1CCN(C)[C@@H](CC(C)(C)C)C1. The molecule has 4 amide bonds. The van der Waals surface area contributed by atoms with Crippen LogP contribution in [0.25, 0.3) is 0 Å². The Kier molecular flexibility index (Phi) is 10.8. The van der Waals surface area contributed by atoms with Gasteiger partial charge in [-0.1, -0.05) is 46.8 Å². The minimum Gasteiger partial charge on any atom is -0.451 e. The third-order valence-electron chi connectivity index (χ3n) is 9.06. The van der Waals surface area contributed by atoms with E-state index in [2.05, 4.69) is 43.4 Å². The lowest BCUT2D eigenvalue weighted by Gasteiger charge is -2.43. The van der Waals surface area contributed by atoms with Gasteiger partial charge in [0.15, 0.2) is 0 Å². The Hall–Kier alpha value is -3.21. The summed E-state index contributed by atoms with van der Waals surface area (Å²) in [5.41, 5.74) is -0.276. The van der Waals surface area contributed by atoms with Crippen LogP contribution < -0.4 is 15.4 Å². The van der Waals surface area contributed by atoms with Crippen LogP contribution in [0, 0.1) is 11.3 Å². The van der Waals surface area contributed by atoms with Crippen molar-refractivity contribution in [2.75, 3.05) is 33.2 Å². The molecule has 4 atom stereocenters. The van der Waals surface area contributed by atoms with E-state index in [-0.39, 0.29) is 40.5 Å². The monoisotopic (exact) mass is 629 g/mol. The van der Waals surface area contributed by atoms with E-state index in [1.807, 2.05) is 25.7 Å². The summed E-state index contributed by atoms with van der Waals surface area (Å²) >= 11 is 0. The number of ether oxygens (including phenoxy) is 1. The van der Waals surface area contributed by atoms with Crippen LogP contribution in [0.4, 0.5) is 4.39 Å². The van der Waals surface area contributed by atoms with Crippen LogP contribution >= 0.6 is 0 Å². The molecular formula is C34H52FN5O5. The second-order valence-electron chi connectivity index (χ2n) is 15.0. The van der Waals surface area contributed by atoms with E-state index < -0.39 is 35.8 Å². The van der Waals surface area contributed by atoms with Crippen LogP contribution in [0.5, 0.6) is 5.75 Å². The number of benzene rings is 1. The fourth-order valence-electron chi connectivity index (χ4n) is 6.29. The summed E-state index contributed by atoms with van der Waals surface area (Å²) in [7, 11) is 2.10. The molecule has 0 spiro atoms. The molecule has 1 saturated carbocycles. The number of alkyl halides is 1. The lowest BCUT2D eigenvalue weighted by atomic mass is 9.86. The number of halogens is 1. The van der Waals surface area contributed by atoms with Crippen LogP contribution in [0.15, 0.2) is 24.3 Å². The van der Waals surface area contributed by atoms with E-state index in [0.29, 0.717) is 38.9 Å². The van der Waals surface area contributed by atoms with E-state index in [0.717, 1.165) is 25.8 Å². The summed E-state index contributed by atoms with van der Waals surface area (Å²) in [5.74, 6) is -1.87. The van der Waals surface area contributed by atoms with Crippen molar-refractivity contribution in [1.82, 2.24) is 25.3 Å². The van der Waals surface area contributed by atoms with Gasteiger partial charge in [0.2, 0.25) is 11.8 Å². The zero-order valence-electron chi connectivity index (χ0n) is 28.0. The van der Waals surface area contributed by atoms with Crippen molar-refractivity contribution in [2.45, 2.75) is 110 Å². The normalized spacial score (nSPS) is 23.0. The van der Waals surface area contributed by atoms with Crippen molar-refractivity contribution in [3.63, 3.8) is 0 Å². The Bertz CT molecular complexity index is 1250. The third-order valence-corrected chi connectivity index (χ3v) is 9.06. The lowest BCUT2D eigenvalue weighted by molar-refractivity contribution is -0.146. The molecule has 2 aliphatic heterocycles. The molecule has 2 heterocycles. The van der Waals surface area contributed by atoms with Gasteiger partial charge in [-0.3, -0.25) is 24.1 Å². The number of para-hydroxylation sites is 1. The minimum absolute atomic E-state index is 0.0171. The van der Waals surface area contributed by atoms with E-state index >= 15 is 0 Å². The molecule has 1 unspecified atom stereocenters. The number of carbonyl (C=O) groups excluding carboxylic acids is 4. The molecule has 45 heavy (non-hydrogen) atoms. The highest BCUT2D eigenvalue weighted by atomic mass is 19.1. The number of nitrogens with zero attached hydrogens (tertiary/aromatic N) is 3. The summed E-state index contributed by atoms with van der Waals surface area (Å²) in [6, 6.07) is 4.87. The second kappa shape index (κ2) is 14.1. The Balaban J connectivity index is 1.45. The molecule has 3 fully saturated rings. The molecule has 4 rings (SSSR count). The first-order chi connectivity index (χ1) is 21.1. The van der Waals surface area contributed by atoms with E-state index in [1.165, 1.54) is 12.1 Å². The van der Waals surface area contributed by atoms with Gasteiger partial charge in [-0.15, -0.1) is 0 Å². The third kappa shape index (κ3) is 9.17. The van der Waals surface area contributed by atoms with Crippen LogP contribution in [-0.4, -0.2) is 102 Å². The van der Waals surface area contributed by atoms with Gasteiger partial charge in [-0.2, -0.15) is 4.39 Å². The second-order valence-corrected chi connectivity index (χ2v) is 15.0. The molecule has 1 aromatic rings. The van der Waals surface area contributed by atoms with Crippen LogP contribution in [0.1, 0.15) is 90.4 Å². The molecule has 0 bridgehead atoms. The maximum Gasteiger partial charge on any atom is 0.316 e. The summed E-state index contributed by atoms with van der Waals surface area (Å²) in [5, 5.41) is 5.47. The van der Waals surface area contributed by atoms with E-state index in [9.17, 15) is 23.6 Å². The van der Waals surface area contributed by atoms with Gasteiger partial charge in [-0.25, -0.2) is 0 Å². The highest BCUT2D eigenvalue weighted by Crippen LogP contribution is 2.34. The Morgan fingerprint density at radius 2 is 1.78 bits per heavy atom. The molecule has 1 aliphatic carbocycles. The van der Waals surface area contributed by atoms with Gasteiger partial charge in [0, 0.05) is 37.8 Å². The first kappa shape index (κ1) is 34.7. The predicted molar refractivity (Wildman–Crippen MR) is 170 cm³/mol. The summed E-state index contributed by atoms with van der Waals surface area (Å²) < 4.78 is 20.1. The molecule has 2 N–H and O–H groups in total. The van der Waals surface area contributed by atoms with Gasteiger partial charge >= 0.3 is 6.36 Å². The maximum atomic E-state index is 14.8. The maximum absolute atomic E-state index is 14.8. The van der Waals surface area contributed by atoms with E-state index in [1.54, 1.807) is 17.0 Å². The number of amides is 4. The van der Waals surface area contributed by atoms with Gasteiger partial charge in [-0.05, 0) is 76.0 Å². The average molecular weight is 630 g/mol. The van der Waals surface area contributed by atoms with Crippen molar-refractivity contribution >= 4 is 23.6 Å². The average Bonchev–Trinajstić information content (AvgIpc) is 3.47. The minimum atomic E-state index is -2.29. The van der Waals surface area contributed by atoms with Gasteiger partial charge < -0.3 is 25.2 Å². The fourth-order valence-corrected chi connectivity index (χ4v) is 6.29. The first-order valence-electron chi connectivity index (χ1n) is 16.4. The number of rotatable bonds is 11. The molecule has 0 aromatic heterocycles. The van der Waals surface area contributed by atoms with E-state index in [4.69, 9.17) is 4.74 Å². The highest BCUT2D eigenvalue weighted by molar-refractivity contribution is 6.00. The predicted octanol–water partition coefficient (Wildman–Crippen LogP) is 3.74. The number of nitrogens with one attached hydrogen (secondary N) is 2. The van der Waals surface area contributed by atoms with Crippen LogP contribution in [0.3, 0.4) is 0 Å². The highest BCUT2D eigenvalue weighted by Gasteiger charge is 2.42. The zero-order valence-corrected chi connectivity index (χ0v) is 28.0. The van der Waals surface area contributed by atoms with Crippen molar-refractivity contribution in [1.29, 1.82) is 0 Å². The smallest absolute Gasteiger partial charge is 0.316 e. The number of hydrogen-bond acceptors (Lipinski definition) is 6. The molecule has 1 aromatic carbocycles. The first-order valence-corrected chi connectivity index (χ1v) is 16.4. The van der Waals surface area contributed by atoms with Crippen molar-refractivity contribution in [3.05, 3.63) is 29.8 Å². The molecular weight excluding hydrogens is 577 g/mol. The van der Waals surface area contributed by atoms with Gasteiger partial charge in [0.25, 0.3) is 11.8 Å². The van der Waals surface area contributed by atoms with Crippen LogP contribution in [-0.2, 0) is 14.4 Å². The van der Waals surface area contributed by atoms with Crippen molar-refractivity contribution < 1.29 is 28.3 Å². The number of piperazine rings is 1. The van der Waals surface area contributed by atoms with Gasteiger partial charge in [0.05, 0.1) is 5.56 Å². The lowest BCUT2D eigenvalue weighted by Crippen LogP contribution is -2.59.